The van der Waals surface area contributed by atoms with E-state index in [0.29, 0.717) is 43.4 Å². The number of hydrogen-bond acceptors (Lipinski definition) is 5. The second-order valence-corrected chi connectivity index (χ2v) is 6.12. The van der Waals surface area contributed by atoms with Gasteiger partial charge in [0.2, 0.25) is 11.8 Å². The molecule has 25 heavy (non-hydrogen) atoms. The molecule has 0 saturated carbocycles. The van der Waals surface area contributed by atoms with Gasteiger partial charge in [-0.15, -0.1) is 0 Å². The predicted octanol–water partition coefficient (Wildman–Crippen LogP) is 0.742. The number of carboxylic acid groups (broad SMARTS) is 1. The van der Waals surface area contributed by atoms with Gasteiger partial charge in [0.05, 0.1) is 0 Å². The minimum Gasteiger partial charge on any atom is -0.486 e. The molecule has 1 aromatic carbocycles. The average molecular weight is 348 g/mol. The van der Waals surface area contributed by atoms with E-state index in [1.807, 2.05) is 0 Å². The van der Waals surface area contributed by atoms with Gasteiger partial charge in [0.1, 0.15) is 25.2 Å². The second-order valence-electron chi connectivity index (χ2n) is 6.12. The summed E-state index contributed by atoms with van der Waals surface area (Å²) < 4.78 is 11.0. The van der Waals surface area contributed by atoms with Crippen LogP contribution in [0.4, 0.5) is 5.69 Å². The highest BCUT2D eigenvalue weighted by molar-refractivity contribution is 6.10. The van der Waals surface area contributed by atoms with Gasteiger partial charge in [-0.05, 0) is 25.5 Å². The van der Waals surface area contributed by atoms with E-state index in [1.54, 1.807) is 18.2 Å². The molecule has 2 amide bonds. The molecule has 0 unspecified atom stereocenters. The van der Waals surface area contributed by atoms with Crippen molar-refractivity contribution in [1.82, 2.24) is 4.90 Å². The number of aliphatic carboxylic acids is 1. The number of carbonyl (C=O) groups excluding carboxylic acids is 2. The van der Waals surface area contributed by atoms with Crippen molar-refractivity contribution in [1.29, 1.82) is 0 Å². The van der Waals surface area contributed by atoms with E-state index in [2.05, 4.69) is 0 Å². The summed E-state index contributed by atoms with van der Waals surface area (Å²) in [7, 11) is 1.40. The minimum atomic E-state index is -1.11. The maximum absolute atomic E-state index is 12.7. The SMILES string of the molecule is C[C@@H](C(=O)O)N(C)C(=O)[C@@H]1CCN(c2ccc3c(c2)OCCO3)C1=O. The molecule has 8 heteroatoms. The predicted molar refractivity (Wildman–Crippen MR) is 87.8 cm³/mol. The molecule has 1 fully saturated rings. The molecule has 134 valence electrons. The van der Waals surface area contributed by atoms with Gasteiger partial charge in [0.25, 0.3) is 0 Å². The van der Waals surface area contributed by atoms with E-state index in [1.165, 1.54) is 18.9 Å². The lowest BCUT2D eigenvalue weighted by molar-refractivity contribution is -0.151. The van der Waals surface area contributed by atoms with E-state index in [0.717, 1.165) is 4.90 Å². The molecule has 8 nitrogen and oxygen atoms in total. The van der Waals surface area contributed by atoms with Crippen LogP contribution in [-0.4, -0.2) is 60.6 Å². The molecule has 2 aliphatic rings. The van der Waals surface area contributed by atoms with Crippen molar-refractivity contribution >= 4 is 23.5 Å². The third kappa shape index (κ3) is 3.11. The molecule has 0 radical (unpaired) electrons. The first-order valence-electron chi connectivity index (χ1n) is 8.10. The summed E-state index contributed by atoms with van der Waals surface area (Å²) in [6.07, 6.45) is 0.350. The largest absolute Gasteiger partial charge is 0.486 e. The number of fused-ring (bicyclic) bond motifs is 1. The van der Waals surface area contributed by atoms with Crippen LogP contribution in [-0.2, 0) is 14.4 Å². The van der Waals surface area contributed by atoms with Crippen molar-refractivity contribution in [3.63, 3.8) is 0 Å². The third-order valence-electron chi connectivity index (χ3n) is 4.63. The van der Waals surface area contributed by atoms with Crippen LogP contribution in [0.1, 0.15) is 13.3 Å². The summed E-state index contributed by atoms with van der Waals surface area (Å²) in [6, 6.07) is 4.24. The zero-order valence-electron chi connectivity index (χ0n) is 14.1. The Bertz CT molecular complexity index is 719. The fourth-order valence-electron chi connectivity index (χ4n) is 2.97. The summed E-state index contributed by atoms with van der Waals surface area (Å²) in [5, 5.41) is 9.04. The molecular formula is C17H20N2O6. The van der Waals surface area contributed by atoms with Gasteiger partial charge in [-0.3, -0.25) is 9.59 Å². The Morgan fingerprint density at radius 1 is 1.28 bits per heavy atom. The Hall–Kier alpha value is -2.77. The number of benzene rings is 1. The third-order valence-corrected chi connectivity index (χ3v) is 4.63. The smallest absolute Gasteiger partial charge is 0.326 e. The quantitative estimate of drug-likeness (QED) is 0.807. The number of hydrogen-bond donors (Lipinski definition) is 1. The maximum atomic E-state index is 12.7. The first-order chi connectivity index (χ1) is 11.9. The van der Waals surface area contributed by atoms with Gasteiger partial charge in [-0.25, -0.2) is 4.79 Å². The lowest BCUT2D eigenvalue weighted by Gasteiger charge is -2.25. The van der Waals surface area contributed by atoms with E-state index in [9.17, 15) is 14.4 Å². The van der Waals surface area contributed by atoms with Gasteiger partial charge in [0.15, 0.2) is 11.5 Å². The number of likely N-dealkylation sites (N-methyl/N-ethyl adjacent to an activating group) is 1. The number of carbonyl (C=O) groups is 3. The Morgan fingerprint density at radius 3 is 2.64 bits per heavy atom. The number of ether oxygens (including phenoxy) is 2. The molecule has 2 atom stereocenters. The Balaban J connectivity index is 1.75. The fraction of sp³-hybridized carbons (Fsp3) is 0.471. The monoisotopic (exact) mass is 348 g/mol. The van der Waals surface area contributed by atoms with Crippen molar-refractivity contribution in [2.24, 2.45) is 5.92 Å². The lowest BCUT2D eigenvalue weighted by atomic mass is 10.1. The van der Waals surface area contributed by atoms with Crippen LogP contribution in [0.3, 0.4) is 0 Å². The Morgan fingerprint density at radius 2 is 1.96 bits per heavy atom. The summed E-state index contributed by atoms with van der Waals surface area (Å²) >= 11 is 0. The van der Waals surface area contributed by atoms with E-state index >= 15 is 0 Å². The van der Waals surface area contributed by atoms with E-state index < -0.39 is 23.8 Å². The van der Waals surface area contributed by atoms with E-state index in [-0.39, 0.29) is 5.91 Å². The van der Waals surface area contributed by atoms with Crippen LogP contribution in [0, 0.1) is 5.92 Å². The molecule has 3 rings (SSSR count). The van der Waals surface area contributed by atoms with Gasteiger partial charge >= 0.3 is 5.97 Å². The highest BCUT2D eigenvalue weighted by Crippen LogP contribution is 2.36. The number of nitrogens with zero attached hydrogens (tertiary/aromatic N) is 2. The van der Waals surface area contributed by atoms with Gasteiger partial charge < -0.3 is 24.4 Å². The van der Waals surface area contributed by atoms with Crippen LogP contribution in [0.5, 0.6) is 11.5 Å². The van der Waals surface area contributed by atoms with E-state index in [4.69, 9.17) is 14.6 Å². The first kappa shape index (κ1) is 17.1. The standard InChI is InChI=1S/C17H20N2O6/c1-10(17(22)23)18(2)15(20)12-5-6-19(16(12)21)11-3-4-13-14(9-11)25-8-7-24-13/h3-4,9-10,12H,5-8H2,1-2H3,(H,22,23)/t10-,12-/m0/s1. The van der Waals surface area contributed by atoms with Crippen LogP contribution in [0.15, 0.2) is 18.2 Å². The van der Waals surface area contributed by atoms with Crippen molar-refractivity contribution in [3.8, 4) is 11.5 Å². The van der Waals surface area contributed by atoms with Crippen molar-refractivity contribution in [3.05, 3.63) is 18.2 Å². The van der Waals surface area contributed by atoms with Crippen molar-refractivity contribution < 1.29 is 29.0 Å². The average Bonchev–Trinajstić information content (AvgIpc) is 3.00. The second kappa shape index (κ2) is 6.62. The highest BCUT2D eigenvalue weighted by Gasteiger charge is 2.40. The molecule has 1 saturated heterocycles. The minimum absolute atomic E-state index is 0.328. The Kier molecular flexibility index (Phi) is 4.52. The number of carboxylic acids is 1. The molecule has 1 N–H and O–H groups in total. The van der Waals surface area contributed by atoms with Crippen LogP contribution in [0.25, 0.3) is 0 Å². The summed E-state index contributed by atoms with van der Waals surface area (Å²) in [6.45, 7) is 2.74. The maximum Gasteiger partial charge on any atom is 0.326 e. The molecule has 2 heterocycles. The van der Waals surface area contributed by atoms with Gasteiger partial charge in [-0.2, -0.15) is 0 Å². The number of amides is 2. The zero-order chi connectivity index (χ0) is 18.1. The molecule has 1 aromatic rings. The normalized spacial score (nSPS) is 20.3. The summed E-state index contributed by atoms with van der Waals surface area (Å²) in [5.74, 6) is -1.57. The molecule has 0 bridgehead atoms. The molecule has 0 spiro atoms. The topological polar surface area (TPSA) is 96.4 Å². The fourth-order valence-corrected chi connectivity index (χ4v) is 2.97. The van der Waals surface area contributed by atoms with Crippen molar-refractivity contribution in [2.75, 3.05) is 31.7 Å². The molecule has 2 aliphatic heterocycles. The summed E-state index contributed by atoms with van der Waals surface area (Å²) in [4.78, 5) is 38.8. The molecule has 0 aliphatic carbocycles. The van der Waals surface area contributed by atoms with Gasteiger partial charge in [0, 0.05) is 25.3 Å². The van der Waals surface area contributed by atoms with Crippen LogP contribution in [0.2, 0.25) is 0 Å². The lowest BCUT2D eigenvalue weighted by Crippen LogP contribution is -2.45. The van der Waals surface area contributed by atoms with Gasteiger partial charge in [-0.1, -0.05) is 0 Å². The van der Waals surface area contributed by atoms with Crippen molar-refractivity contribution in [2.45, 2.75) is 19.4 Å². The summed E-state index contributed by atoms with van der Waals surface area (Å²) in [5.41, 5.74) is 0.637. The number of anilines is 1. The first-order valence-corrected chi connectivity index (χ1v) is 8.10. The van der Waals surface area contributed by atoms with Crippen LogP contribution >= 0.6 is 0 Å². The molecule has 0 aromatic heterocycles. The number of rotatable bonds is 4. The zero-order valence-corrected chi connectivity index (χ0v) is 14.1. The highest BCUT2D eigenvalue weighted by atomic mass is 16.6. The Labute approximate surface area is 144 Å². The molecular weight excluding hydrogens is 328 g/mol. The van der Waals surface area contributed by atoms with Crippen LogP contribution < -0.4 is 14.4 Å².